The Bertz CT molecular complexity index is 282. The van der Waals surface area contributed by atoms with E-state index in [4.69, 9.17) is 4.74 Å². The topological polar surface area (TPSA) is 9.23 Å². The molecule has 0 saturated heterocycles. The van der Waals surface area contributed by atoms with Crippen molar-refractivity contribution in [3.8, 4) is 0 Å². The van der Waals surface area contributed by atoms with E-state index in [1.165, 1.54) is 5.56 Å². The monoisotopic (exact) mass is 268 g/mol. The predicted molar refractivity (Wildman–Crippen MR) is 68.2 cm³/mol. The van der Waals surface area contributed by atoms with Gasteiger partial charge in [0, 0.05) is 5.33 Å². The van der Waals surface area contributed by atoms with E-state index in [0.29, 0.717) is 12.5 Å². The average Bonchev–Trinajstić information content (AvgIpc) is 2.28. The van der Waals surface area contributed by atoms with Gasteiger partial charge >= 0.3 is 0 Å². The van der Waals surface area contributed by atoms with Gasteiger partial charge in [0.05, 0.1) is 13.2 Å². The van der Waals surface area contributed by atoms with Crippen molar-refractivity contribution >= 4 is 15.9 Å². The fourth-order valence-electron chi connectivity index (χ4n) is 1.28. The van der Waals surface area contributed by atoms with Crippen LogP contribution in [0.25, 0.3) is 0 Å². The second kappa shape index (κ2) is 7.66. The van der Waals surface area contributed by atoms with Crippen LogP contribution in [-0.2, 0) is 11.3 Å². The molecule has 0 aliphatic rings. The van der Waals surface area contributed by atoms with Crippen LogP contribution in [0.15, 0.2) is 42.5 Å². The fraction of sp³-hybridized carbons (Fsp3) is 0.385. The van der Waals surface area contributed by atoms with E-state index in [-0.39, 0.29) is 0 Å². The first-order valence-electron chi connectivity index (χ1n) is 5.17. The molecule has 0 unspecified atom stereocenters. The van der Waals surface area contributed by atoms with Crippen molar-refractivity contribution in [3.05, 3.63) is 48.0 Å². The molecule has 82 valence electrons. The summed E-state index contributed by atoms with van der Waals surface area (Å²) in [6.45, 7) is 3.63. The Morgan fingerprint density at radius 2 is 2.07 bits per heavy atom. The molecular formula is C13H17BrO. The molecule has 0 bridgehead atoms. The maximum absolute atomic E-state index is 5.61. The summed E-state index contributed by atoms with van der Waals surface area (Å²) in [5.74, 6) is 0.478. The lowest BCUT2D eigenvalue weighted by atomic mass is 10.2. The van der Waals surface area contributed by atoms with Crippen LogP contribution >= 0.6 is 15.9 Å². The molecule has 1 aromatic carbocycles. The van der Waals surface area contributed by atoms with Crippen LogP contribution in [0, 0.1) is 5.92 Å². The number of rotatable bonds is 6. The molecule has 0 aliphatic heterocycles. The highest BCUT2D eigenvalue weighted by molar-refractivity contribution is 9.09. The number of alkyl halides is 1. The third-order valence-electron chi connectivity index (χ3n) is 2.05. The van der Waals surface area contributed by atoms with Gasteiger partial charge in [-0.25, -0.2) is 0 Å². The molecule has 0 spiro atoms. The lowest BCUT2D eigenvalue weighted by Gasteiger charge is -2.07. The molecule has 15 heavy (non-hydrogen) atoms. The fourth-order valence-corrected chi connectivity index (χ4v) is 1.49. The van der Waals surface area contributed by atoms with E-state index in [2.05, 4.69) is 47.1 Å². The molecule has 0 heterocycles. The van der Waals surface area contributed by atoms with E-state index in [1.807, 2.05) is 18.2 Å². The van der Waals surface area contributed by atoms with Gasteiger partial charge in [-0.05, 0) is 11.5 Å². The molecule has 1 nitrogen and oxygen atoms in total. The second-order valence-corrected chi connectivity index (χ2v) is 4.21. The first-order valence-corrected chi connectivity index (χ1v) is 6.29. The Kier molecular flexibility index (Phi) is 6.37. The molecule has 0 saturated carbocycles. The quantitative estimate of drug-likeness (QED) is 0.564. The van der Waals surface area contributed by atoms with Crippen LogP contribution in [-0.4, -0.2) is 11.9 Å². The summed E-state index contributed by atoms with van der Waals surface area (Å²) >= 11 is 3.36. The zero-order valence-electron chi connectivity index (χ0n) is 9.03. The zero-order chi connectivity index (χ0) is 10.9. The minimum absolute atomic E-state index is 0.478. The van der Waals surface area contributed by atoms with Crippen LogP contribution in [0.5, 0.6) is 0 Å². The van der Waals surface area contributed by atoms with Crippen molar-refractivity contribution in [2.45, 2.75) is 13.5 Å². The Hall–Kier alpha value is -0.600. The minimum atomic E-state index is 0.478. The molecule has 1 atom stereocenters. The molecule has 0 aromatic heterocycles. The lowest BCUT2D eigenvalue weighted by Crippen LogP contribution is -2.03. The number of halogens is 1. The summed E-state index contributed by atoms with van der Waals surface area (Å²) in [5.41, 5.74) is 1.23. The van der Waals surface area contributed by atoms with Crippen molar-refractivity contribution < 1.29 is 4.74 Å². The lowest BCUT2D eigenvalue weighted by molar-refractivity contribution is 0.104. The van der Waals surface area contributed by atoms with Crippen LogP contribution in [0.2, 0.25) is 0 Å². The summed E-state index contributed by atoms with van der Waals surface area (Å²) in [6, 6.07) is 10.3. The van der Waals surface area contributed by atoms with E-state index in [1.54, 1.807) is 0 Å². The Labute approximate surface area is 100 Å². The van der Waals surface area contributed by atoms with Gasteiger partial charge in [0.1, 0.15) is 0 Å². The second-order valence-electron chi connectivity index (χ2n) is 3.56. The average molecular weight is 269 g/mol. The molecule has 0 aliphatic carbocycles. The molecule has 0 fully saturated rings. The zero-order valence-corrected chi connectivity index (χ0v) is 10.6. The van der Waals surface area contributed by atoms with Crippen molar-refractivity contribution in [3.63, 3.8) is 0 Å². The van der Waals surface area contributed by atoms with E-state index < -0.39 is 0 Å². The van der Waals surface area contributed by atoms with Gasteiger partial charge in [0.25, 0.3) is 0 Å². The van der Waals surface area contributed by atoms with Crippen molar-refractivity contribution in [2.75, 3.05) is 11.9 Å². The van der Waals surface area contributed by atoms with Gasteiger partial charge in [0.15, 0.2) is 0 Å². The minimum Gasteiger partial charge on any atom is -0.376 e. The highest BCUT2D eigenvalue weighted by Gasteiger charge is 1.97. The van der Waals surface area contributed by atoms with Crippen LogP contribution < -0.4 is 0 Å². The van der Waals surface area contributed by atoms with E-state index in [9.17, 15) is 0 Å². The highest BCUT2D eigenvalue weighted by Crippen LogP contribution is 2.04. The molecule has 0 radical (unpaired) electrons. The van der Waals surface area contributed by atoms with E-state index >= 15 is 0 Å². The summed E-state index contributed by atoms with van der Waals surface area (Å²) in [7, 11) is 0. The largest absolute Gasteiger partial charge is 0.376 e. The molecule has 0 N–H and O–H groups in total. The van der Waals surface area contributed by atoms with Crippen molar-refractivity contribution in [1.82, 2.24) is 0 Å². The maximum atomic E-state index is 5.61. The van der Waals surface area contributed by atoms with Gasteiger partial charge in [-0.1, -0.05) is 65.3 Å². The number of benzene rings is 1. The Morgan fingerprint density at radius 1 is 1.33 bits per heavy atom. The van der Waals surface area contributed by atoms with Crippen LogP contribution in [0.3, 0.4) is 0 Å². The summed E-state index contributed by atoms with van der Waals surface area (Å²) in [5, 5.41) is 0.913. The molecule has 2 heteroatoms. The van der Waals surface area contributed by atoms with Gasteiger partial charge in [-0.3, -0.25) is 0 Å². The van der Waals surface area contributed by atoms with Crippen molar-refractivity contribution in [1.29, 1.82) is 0 Å². The third-order valence-corrected chi connectivity index (χ3v) is 2.42. The summed E-state index contributed by atoms with van der Waals surface area (Å²) in [4.78, 5) is 0. The normalized spacial score (nSPS) is 13.2. The molecule has 1 rings (SSSR count). The SMILES string of the molecule is C[C@@H](/C=C/CBr)COCc1ccccc1. The van der Waals surface area contributed by atoms with E-state index in [0.717, 1.165) is 11.9 Å². The third kappa shape index (κ3) is 5.75. The van der Waals surface area contributed by atoms with Gasteiger partial charge in [0.2, 0.25) is 0 Å². The Balaban J connectivity index is 2.19. The molecular weight excluding hydrogens is 252 g/mol. The smallest absolute Gasteiger partial charge is 0.0717 e. The first kappa shape index (κ1) is 12.5. The number of allylic oxidation sites excluding steroid dienone is 1. The maximum Gasteiger partial charge on any atom is 0.0717 e. The molecule has 0 amide bonds. The first-order chi connectivity index (χ1) is 7.33. The number of ether oxygens (including phenoxy) is 1. The van der Waals surface area contributed by atoms with Crippen LogP contribution in [0.1, 0.15) is 12.5 Å². The number of hydrogen-bond donors (Lipinski definition) is 0. The van der Waals surface area contributed by atoms with Crippen LogP contribution in [0.4, 0.5) is 0 Å². The highest BCUT2D eigenvalue weighted by atomic mass is 79.9. The summed E-state index contributed by atoms with van der Waals surface area (Å²) in [6.07, 6.45) is 4.27. The number of hydrogen-bond acceptors (Lipinski definition) is 1. The summed E-state index contributed by atoms with van der Waals surface area (Å²) < 4.78 is 5.61. The van der Waals surface area contributed by atoms with Crippen molar-refractivity contribution in [2.24, 2.45) is 5.92 Å². The standard InChI is InChI=1S/C13H17BrO/c1-12(6-5-9-14)10-15-11-13-7-3-2-4-8-13/h2-8,12H,9-11H2,1H3/b6-5+/t12-/m0/s1. The predicted octanol–water partition coefficient (Wildman–Crippen LogP) is 3.79. The van der Waals surface area contributed by atoms with Gasteiger partial charge < -0.3 is 4.74 Å². The Morgan fingerprint density at radius 3 is 2.73 bits per heavy atom. The molecule has 1 aromatic rings. The van der Waals surface area contributed by atoms with Gasteiger partial charge in [-0.2, -0.15) is 0 Å². The van der Waals surface area contributed by atoms with Gasteiger partial charge in [-0.15, -0.1) is 0 Å².